The maximum absolute atomic E-state index is 3.44. The molecule has 2 heteroatoms. The molecule has 0 saturated carbocycles. The summed E-state index contributed by atoms with van der Waals surface area (Å²) in [7, 11) is 0. The first kappa shape index (κ1) is 10.7. The Morgan fingerprint density at radius 1 is 1.46 bits per heavy atom. The van der Waals surface area contributed by atoms with Crippen LogP contribution in [-0.4, -0.2) is 12.6 Å². The first-order valence-corrected chi connectivity index (χ1v) is 5.93. The van der Waals surface area contributed by atoms with Crippen molar-refractivity contribution in [1.29, 1.82) is 0 Å². The van der Waals surface area contributed by atoms with E-state index in [1.54, 1.807) is 11.3 Å². The molecule has 13 heavy (non-hydrogen) atoms. The van der Waals surface area contributed by atoms with Gasteiger partial charge in [0.15, 0.2) is 0 Å². The van der Waals surface area contributed by atoms with Gasteiger partial charge in [-0.25, -0.2) is 0 Å². The van der Waals surface area contributed by atoms with Gasteiger partial charge in [0, 0.05) is 6.04 Å². The summed E-state index contributed by atoms with van der Waals surface area (Å²) in [5.41, 5.74) is 1.48. The smallest absolute Gasteiger partial charge is 0.00443 e. The molecule has 1 nitrogen and oxygen atoms in total. The van der Waals surface area contributed by atoms with Crippen LogP contribution >= 0.6 is 11.3 Å². The molecule has 0 fully saturated rings. The molecular formula is C11H19NS. The zero-order valence-corrected chi connectivity index (χ0v) is 9.53. The summed E-state index contributed by atoms with van der Waals surface area (Å²) in [6.07, 6.45) is 1.23. The number of nitrogens with one attached hydrogen (secondary N) is 1. The molecule has 2 atom stereocenters. The van der Waals surface area contributed by atoms with Crippen molar-refractivity contribution in [2.75, 3.05) is 6.54 Å². The average Bonchev–Trinajstić information content (AvgIpc) is 2.55. The van der Waals surface area contributed by atoms with Crippen LogP contribution in [0, 0.1) is 0 Å². The van der Waals surface area contributed by atoms with Crippen molar-refractivity contribution < 1.29 is 0 Å². The van der Waals surface area contributed by atoms with E-state index in [1.165, 1.54) is 12.0 Å². The Balaban J connectivity index is 2.37. The summed E-state index contributed by atoms with van der Waals surface area (Å²) in [5, 5.41) is 7.85. The van der Waals surface area contributed by atoms with Gasteiger partial charge >= 0.3 is 0 Å². The monoisotopic (exact) mass is 197 g/mol. The van der Waals surface area contributed by atoms with Crippen LogP contribution in [0.15, 0.2) is 16.8 Å². The minimum Gasteiger partial charge on any atom is -0.315 e. The van der Waals surface area contributed by atoms with E-state index in [0.29, 0.717) is 12.0 Å². The molecule has 0 saturated heterocycles. The van der Waals surface area contributed by atoms with Crippen molar-refractivity contribution in [3.8, 4) is 0 Å². The first-order chi connectivity index (χ1) is 6.24. The molecule has 0 spiro atoms. The molecule has 1 rings (SSSR count). The average molecular weight is 197 g/mol. The zero-order chi connectivity index (χ0) is 9.68. The first-order valence-electron chi connectivity index (χ1n) is 4.99. The van der Waals surface area contributed by atoms with Crippen molar-refractivity contribution in [2.45, 2.75) is 39.2 Å². The summed E-state index contributed by atoms with van der Waals surface area (Å²) in [6.45, 7) is 7.78. The van der Waals surface area contributed by atoms with Gasteiger partial charge in [-0.15, -0.1) is 0 Å². The van der Waals surface area contributed by atoms with Crippen LogP contribution in [-0.2, 0) is 0 Å². The van der Waals surface area contributed by atoms with Crippen LogP contribution in [0.5, 0.6) is 0 Å². The quantitative estimate of drug-likeness (QED) is 0.764. The van der Waals surface area contributed by atoms with Crippen molar-refractivity contribution >= 4 is 11.3 Å². The predicted molar refractivity (Wildman–Crippen MR) is 60.5 cm³/mol. The lowest BCUT2D eigenvalue weighted by molar-refractivity contribution is 0.491. The lowest BCUT2D eigenvalue weighted by Crippen LogP contribution is -2.26. The molecule has 1 aromatic heterocycles. The van der Waals surface area contributed by atoms with Gasteiger partial charge in [0.05, 0.1) is 0 Å². The molecule has 1 heterocycles. The highest BCUT2D eigenvalue weighted by atomic mass is 32.1. The normalized spacial score (nSPS) is 15.6. The Kier molecular flexibility index (Phi) is 4.46. The molecule has 0 aliphatic rings. The molecular weight excluding hydrogens is 178 g/mol. The second-order valence-corrected chi connectivity index (χ2v) is 4.43. The molecule has 0 radical (unpaired) electrons. The maximum Gasteiger partial charge on any atom is 0.00443 e. The molecule has 74 valence electrons. The Bertz CT molecular complexity index is 218. The number of thiophene rings is 1. The molecule has 1 N–H and O–H groups in total. The summed E-state index contributed by atoms with van der Waals surface area (Å²) in [6, 6.07) is 2.86. The van der Waals surface area contributed by atoms with Crippen molar-refractivity contribution in [1.82, 2.24) is 5.32 Å². The lowest BCUT2D eigenvalue weighted by Gasteiger charge is -2.16. The van der Waals surface area contributed by atoms with Gasteiger partial charge < -0.3 is 5.32 Å². The number of hydrogen-bond acceptors (Lipinski definition) is 2. The van der Waals surface area contributed by atoms with Gasteiger partial charge in [0.2, 0.25) is 0 Å². The highest BCUT2D eigenvalue weighted by Crippen LogP contribution is 2.22. The second kappa shape index (κ2) is 5.40. The molecule has 1 aromatic rings. The third kappa shape index (κ3) is 3.49. The summed E-state index contributed by atoms with van der Waals surface area (Å²) in [4.78, 5) is 0. The van der Waals surface area contributed by atoms with E-state index in [9.17, 15) is 0 Å². The minimum atomic E-state index is 0.625. The third-order valence-corrected chi connectivity index (χ3v) is 3.07. The highest BCUT2D eigenvalue weighted by molar-refractivity contribution is 7.07. The van der Waals surface area contributed by atoms with E-state index in [4.69, 9.17) is 0 Å². The summed E-state index contributed by atoms with van der Waals surface area (Å²) < 4.78 is 0. The molecule has 0 aromatic carbocycles. The van der Waals surface area contributed by atoms with Gasteiger partial charge in [0.25, 0.3) is 0 Å². The van der Waals surface area contributed by atoms with Crippen molar-refractivity contribution in [3.05, 3.63) is 22.4 Å². The number of hydrogen-bond donors (Lipinski definition) is 1. The summed E-state index contributed by atoms with van der Waals surface area (Å²) in [5.74, 6) is 0.681. The molecule has 0 aliphatic carbocycles. The van der Waals surface area contributed by atoms with Gasteiger partial charge in [-0.3, -0.25) is 0 Å². The van der Waals surface area contributed by atoms with Crippen LogP contribution in [0.1, 0.15) is 38.7 Å². The van der Waals surface area contributed by atoms with Crippen molar-refractivity contribution in [3.63, 3.8) is 0 Å². The molecule has 0 amide bonds. The van der Waals surface area contributed by atoms with Gasteiger partial charge in [-0.2, -0.15) is 11.3 Å². The Hall–Kier alpha value is -0.340. The van der Waals surface area contributed by atoms with E-state index < -0.39 is 0 Å². The minimum absolute atomic E-state index is 0.625. The highest BCUT2D eigenvalue weighted by Gasteiger charge is 2.09. The zero-order valence-electron chi connectivity index (χ0n) is 8.71. The van der Waals surface area contributed by atoms with Crippen LogP contribution in [0.3, 0.4) is 0 Å². The number of rotatable bonds is 5. The van der Waals surface area contributed by atoms with Crippen molar-refractivity contribution in [2.24, 2.45) is 0 Å². The Morgan fingerprint density at radius 3 is 2.77 bits per heavy atom. The standard InChI is InChI=1S/C11H19NS/c1-4-12-10(3)7-9(2)11-5-6-13-8-11/h5-6,8-10,12H,4,7H2,1-3H3. The second-order valence-electron chi connectivity index (χ2n) is 3.65. The van der Waals surface area contributed by atoms with E-state index in [1.807, 2.05) is 0 Å². The largest absolute Gasteiger partial charge is 0.315 e. The topological polar surface area (TPSA) is 12.0 Å². The predicted octanol–water partition coefficient (Wildman–Crippen LogP) is 3.24. The maximum atomic E-state index is 3.44. The fraction of sp³-hybridized carbons (Fsp3) is 0.636. The van der Waals surface area contributed by atoms with E-state index >= 15 is 0 Å². The van der Waals surface area contributed by atoms with Gasteiger partial charge in [0.1, 0.15) is 0 Å². The third-order valence-electron chi connectivity index (χ3n) is 2.37. The SMILES string of the molecule is CCNC(C)CC(C)c1ccsc1. The van der Waals surface area contributed by atoms with E-state index in [-0.39, 0.29) is 0 Å². The fourth-order valence-electron chi connectivity index (χ4n) is 1.65. The van der Waals surface area contributed by atoms with E-state index in [2.05, 4.69) is 42.9 Å². The van der Waals surface area contributed by atoms with Crippen LogP contribution < -0.4 is 5.32 Å². The fourth-order valence-corrected chi connectivity index (χ4v) is 2.44. The molecule has 0 bridgehead atoms. The Morgan fingerprint density at radius 2 is 2.23 bits per heavy atom. The van der Waals surface area contributed by atoms with Crippen LogP contribution in [0.4, 0.5) is 0 Å². The molecule has 2 unspecified atom stereocenters. The van der Waals surface area contributed by atoms with Crippen LogP contribution in [0.2, 0.25) is 0 Å². The van der Waals surface area contributed by atoms with Gasteiger partial charge in [-0.05, 0) is 48.2 Å². The van der Waals surface area contributed by atoms with E-state index in [0.717, 1.165) is 6.54 Å². The lowest BCUT2D eigenvalue weighted by atomic mass is 9.97. The van der Waals surface area contributed by atoms with Crippen LogP contribution in [0.25, 0.3) is 0 Å². The molecule has 0 aliphatic heterocycles. The Labute approximate surface area is 85.2 Å². The van der Waals surface area contributed by atoms with Gasteiger partial charge in [-0.1, -0.05) is 13.8 Å². The summed E-state index contributed by atoms with van der Waals surface area (Å²) >= 11 is 1.79.